The molecule has 1 aliphatic rings. The minimum absolute atomic E-state index is 0.288. The zero-order chi connectivity index (χ0) is 20.1. The zero-order valence-corrected chi connectivity index (χ0v) is 17.7. The highest BCUT2D eigenvalue weighted by molar-refractivity contribution is 14.1. The molecule has 4 nitrogen and oxygen atoms in total. The predicted octanol–water partition coefficient (Wildman–Crippen LogP) is 5.26. The standard InChI is InChI=1S/C24H18INO3/c25-20-10-8-19(9-11-20)23-26-22(24(27)29-23)16-18-6-12-21(13-7-18)28-15-14-17-4-2-1-3-5-17/h1-13,16H,14-15H2/b22-16-. The second-order valence-electron chi connectivity index (χ2n) is 6.50. The topological polar surface area (TPSA) is 47.9 Å². The van der Waals surface area contributed by atoms with Crippen molar-refractivity contribution in [3.63, 3.8) is 0 Å². The van der Waals surface area contributed by atoms with Crippen LogP contribution < -0.4 is 4.74 Å². The molecular weight excluding hydrogens is 477 g/mol. The number of hydrogen-bond donors (Lipinski definition) is 0. The Balaban J connectivity index is 1.40. The minimum Gasteiger partial charge on any atom is -0.493 e. The number of carbonyl (C=O) groups excluding carboxylic acids is 1. The molecule has 0 fully saturated rings. The summed E-state index contributed by atoms with van der Waals surface area (Å²) < 4.78 is 12.2. The molecule has 0 saturated heterocycles. The molecule has 3 aromatic carbocycles. The van der Waals surface area contributed by atoms with E-state index in [1.54, 1.807) is 6.08 Å². The van der Waals surface area contributed by atoms with E-state index >= 15 is 0 Å². The predicted molar refractivity (Wildman–Crippen MR) is 122 cm³/mol. The Bertz CT molecular complexity index is 1060. The first-order chi connectivity index (χ1) is 14.2. The molecular formula is C24H18INO3. The maximum absolute atomic E-state index is 12.1. The van der Waals surface area contributed by atoms with Gasteiger partial charge in [-0.2, -0.15) is 0 Å². The lowest BCUT2D eigenvalue weighted by Crippen LogP contribution is -2.05. The van der Waals surface area contributed by atoms with E-state index in [0.717, 1.165) is 26.9 Å². The summed E-state index contributed by atoms with van der Waals surface area (Å²) >= 11 is 2.23. The number of cyclic esters (lactones) is 1. The highest BCUT2D eigenvalue weighted by Gasteiger charge is 2.24. The fraction of sp³-hybridized carbons (Fsp3) is 0.0833. The summed E-state index contributed by atoms with van der Waals surface area (Å²) in [7, 11) is 0. The van der Waals surface area contributed by atoms with E-state index in [2.05, 4.69) is 39.7 Å². The second-order valence-corrected chi connectivity index (χ2v) is 7.74. The van der Waals surface area contributed by atoms with Crippen molar-refractivity contribution < 1.29 is 14.3 Å². The molecule has 0 aromatic heterocycles. The smallest absolute Gasteiger partial charge is 0.363 e. The van der Waals surface area contributed by atoms with Gasteiger partial charge in [-0.15, -0.1) is 0 Å². The molecule has 0 amide bonds. The summed E-state index contributed by atoms with van der Waals surface area (Å²) in [6, 6.07) is 25.5. The maximum Gasteiger partial charge on any atom is 0.363 e. The molecule has 0 aliphatic carbocycles. The summed E-state index contributed by atoms with van der Waals surface area (Å²) in [6.07, 6.45) is 2.57. The molecule has 0 spiro atoms. The lowest BCUT2D eigenvalue weighted by molar-refractivity contribution is -0.129. The van der Waals surface area contributed by atoms with Crippen molar-refractivity contribution in [2.75, 3.05) is 6.61 Å². The third kappa shape index (κ3) is 5.12. The lowest BCUT2D eigenvalue weighted by atomic mass is 10.1. The number of esters is 1. The highest BCUT2D eigenvalue weighted by Crippen LogP contribution is 2.21. The van der Waals surface area contributed by atoms with Crippen molar-refractivity contribution in [3.05, 3.63) is 105 Å². The number of hydrogen-bond acceptors (Lipinski definition) is 4. The minimum atomic E-state index is -0.443. The molecule has 29 heavy (non-hydrogen) atoms. The summed E-state index contributed by atoms with van der Waals surface area (Å²) in [5.41, 5.74) is 3.18. The van der Waals surface area contributed by atoms with Crippen LogP contribution in [0.25, 0.3) is 6.08 Å². The third-order valence-electron chi connectivity index (χ3n) is 4.40. The van der Waals surface area contributed by atoms with Gasteiger partial charge in [0.05, 0.1) is 6.61 Å². The van der Waals surface area contributed by atoms with Crippen molar-refractivity contribution in [1.82, 2.24) is 0 Å². The Morgan fingerprint density at radius 2 is 1.66 bits per heavy atom. The number of aliphatic imine (C=N–C) groups is 1. The molecule has 1 aliphatic heterocycles. The normalized spacial score (nSPS) is 14.6. The Morgan fingerprint density at radius 3 is 2.38 bits per heavy atom. The Kier molecular flexibility index (Phi) is 6.05. The van der Waals surface area contributed by atoms with Crippen LogP contribution in [0, 0.1) is 3.57 Å². The van der Waals surface area contributed by atoms with Crippen LogP contribution in [0.4, 0.5) is 0 Å². The quantitative estimate of drug-likeness (QED) is 0.267. The van der Waals surface area contributed by atoms with E-state index in [-0.39, 0.29) is 5.70 Å². The van der Waals surface area contributed by atoms with Crippen LogP contribution in [0.15, 0.2) is 89.6 Å². The van der Waals surface area contributed by atoms with Crippen molar-refractivity contribution >= 4 is 40.5 Å². The SMILES string of the molecule is O=C1OC(c2ccc(I)cc2)=N/C1=C\c1ccc(OCCc2ccccc2)cc1. The second kappa shape index (κ2) is 9.05. The third-order valence-corrected chi connectivity index (χ3v) is 5.12. The number of nitrogens with zero attached hydrogens (tertiary/aromatic N) is 1. The monoisotopic (exact) mass is 495 g/mol. The van der Waals surface area contributed by atoms with Gasteiger partial charge in [0.2, 0.25) is 5.90 Å². The molecule has 0 unspecified atom stereocenters. The van der Waals surface area contributed by atoms with Crippen LogP contribution >= 0.6 is 22.6 Å². The van der Waals surface area contributed by atoms with Gasteiger partial charge in [0.25, 0.3) is 0 Å². The van der Waals surface area contributed by atoms with Crippen LogP contribution in [0.5, 0.6) is 5.75 Å². The van der Waals surface area contributed by atoms with Crippen molar-refractivity contribution in [3.8, 4) is 5.75 Å². The zero-order valence-electron chi connectivity index (χ0n) is 15.5. The first-order valence-corrected chi connectivity index (χ1v) is 10.3. The fourth-order valence-corrected chi connectivity index (χ4v) is 3.23. The Hall–Kier alpha value is -2.93. The van der Waals surface area contributed by atoms with E-state index in [1.165, 1.54) is 5.56 Å². The Labute approximate surface area is 183 Å². The molecule has 0 N–H and O–H groups in total. The Morgan fingerprint density at radius 1 is 0.931 bits per heavy atom. The summed E-state index contributed by atoms with van der Waals surface area (Å²) in [5.74, 6) is 0.681. The average molecular weight is 495 g/mol. The average Bonchev–Trinajstić information content (AvgIpc) is 3.11. The number of halogens is 1. The maximum atomic E-state index is 12.1. The van der Waals surface area contributed by atoms with Gasteiger partial charge in [0.15, 0.2) is 5.70 Å². The van der Waals surface area contributed by atoms with Crippen LogP contribution in [0.2, 0.25) is 0 Å². The van der Waals surface area contributed by atoms with E-state index < -0.39 is 5.97 Å². The lowest BCUT2D eigenvalue weighted by Gasteiger charge is -2.06. The van der Waals surface area contributed by atoms with Gasteiger partial charge in [-0.1, -0.05) is 42.5 Å². The molecule has 1 heterocycles. The molecule has 3 aromatic rings. The molecule has 0 saturated carbocycles. The first kappa shape index (κ1) is 19.4. The number of rotatable bonds is 6. The van der Waals surface area contributed by atoms with Gasteiger partial charge >= 0.3 is 5.97 Å². The summed E-state index contributed by atoms with van der Waals surface area (Å²) in [5, 5.41) is 0. The molecule has 0 bridgehead atoms. The van der Waals surface area contributed by atoms with Gasteiger partial charge < -0.3 is 9.47 Å². The van der Waals surface area contributed by atoms with Gasteiger partial charge in [0, 0.05) is 15.6 Å². The van der Waals surface area contributed by atoms with Crippen molar-refractivity contribution in [2.24, 2.45) is 4.99 Å². The van der Waals surface area contributed by atoms with E-state index in [9.17, 15) is 4.79 Å². The van der Waals surface area contributed by atoms with Crippen LogP contribution in [-0.4, -0.2) is 18.5 Å². The number of benzene rings is 3. The highest BCUT2D eigenvalue weighted by atomic mass is 127. The van der Waals surface area contributed by atoms with Crippen LogP contribution in [0.3, 0.4) is 0 Å². The van der Waals surface area contributed by atoms with E-state index in [0.29, 0.717) is 12.5 Å². The molecule has 144 valence electrons. The van der Waals surface area contributed by atoms with Gasteiger partial charge in [0.1, 0.15) is 5.75 Å². The van der Waals surface area contributed by atoms with E-state index in [4.69, 9.17) is 9.47 Å². The van der Waals surface area contributed by atoms with Gasteiger partial charge in [-0.25, -0.2) is 9.79 Å². The van der Waals surface area contributed by atoms with Crippen LogP contribution in [0.1, 0.15) is 16.7 Å². The fourth-order valence-electron chi connectivity index (χ4n) is 2.87. The summed E-state index contributed by atoms with van der Waals surface area (Å²) in [6.45, 7) is 0.612. The number of carbonyl (C=O) groups is 1. The molecule has 0 atom stereocenters. The summed E-state index contributed by atoms with van der Waals surface area (Å²) in [4.78, 5) is 16.5. The van der Waals surface area contributed by atoms with Gasteiger partial charge in [-0.3, -0.25) is 0 Å². The van der Waals surface area contributed by atoms with E-state index in [1.807, 2.05) is 66.7 Å². The van der Waals surface area contributed by atoms with Gasteiger partial charge in [-0.05, 0) is 76.2 Å². The number of ether oxygens (including phenoxy) is 2. The van der Waals surface area contributed by atoms with Crippen LogP contribution in [-0.2, 0) is 16.0 Å². The van der Waals surface area contributed by atoms with Crippen molar-refractivity contribution in [2.45, 2.75) is 6.42 Å². The molecule has 5 heteroatoms. The molecule has 4 rings (SSSR count). The molecule has 0 radical (unpaired) electrons. The largest absolute Gasteiger partial charge is 0.493 e. The first-order valence-electron chi connectivity index (χ1n) is 9.23. The van der Waals surface area contributed by atoms with Crippen molar-refractivity contribution in [1.29, 1.82) is 0 Å².